The van der Waals surface area contributed by atoms with Gasteiger partial charge in [0.25, 0.3) is 0 Å². The molecule has 7 heteroatoms. The zero-order chi connectivity index (χ0) is 15.0. The standard InChI is InChI=1S/C12H11NO3S2.CH5N/c1-16-10(14)6-7-11(15)18-12-13-8-4-2-3-5-9(8)17-12;1-2/h2-5H,6-7H2,1H3;2H2,1H3. The molecular weight excluding hydrogens is 296 g/mol. The van der Waals surface area contributed by atoms with Gasteiger partial charge in [-0.15, -0.1) is 11.3 Å². The molecule has 0 bridgehead atoms. The number of carbonyl (C=O) groups excluding carboxylic acids is 2. The van der Waals surface area contributed by atoms with Crippen LogP contribution >= 0.6 is 23.1 Å². The number of ether oxygens (including phenoxy) is 1. The molecule has 0 aliphatic carbocycles. The molecule has 0 radical (unpaired) electrons. The fourth-order valence-corrected chi connectivity index (χ4v) is 3.30. The van der Waals surface area contributed by atoms with E-state index in [1.165, 1.54) is 25.5 Å². The van der Waals surface area contributed by atoms with Crippen LogP contribution in [0.25, 0.3) is 10.2 Å². The summed E-state index contributed by atoms with van der Waals surface area (Å²) in [6, 6.07) is 7.73. The van der Waals surface area contributed by atoms with E-state index in [2.05, 4.69) is 15.5 Å². The lowest BCUT2D eigenvalue weighted by Crippen LogP contribution is -2.02. The van der Waals surface area contributed by atoms with E-state index in [4.69, 9.17) is 0 Å². The lowest BCUT2D eigenvalue weighted by molar-refractivity contribution is -0.141. The number of esters is 1. The van der Waals surface area contributed by atoms with Crippen LogP contribution in [0.1, 0.15) is 12.8 Å². The van der Waals surface area contributed by atoms with E-state index in [0.29, 0.717) is 4.34 Å². The molecular formula is C13H16N2O3S2. The number of aromatic nitrogens is 1. The van der Waals surface area contributed by atoms with Crippen molar-refractivity contribution in [2.45, 2.75) is 17.2 Å². The monoisotopic (exact) mass is 312 g/mol. The first-order chi connectivity index (χ1) is 9.69. The molecule has 108 valence electrons. The van der Waals surface area contributed by atoms with Crippen molar-refractivity contribution in [2.24, 2.45) is 5.73 Å². The number of thiazole rings is 1. The van der Waals surface area contributed by atoms with Gasteiger partial charge in [0, 0.05) is 6.42 Å². The van der Waals surface area contributed by atoms with Crippen molar-refractivity contribution < 1.29 is 14.3 Å². The molecule has 2 aromatic rings. The van der Waals surface area contributed by atoms with Crippen molar-refractivity contribution in [1.29, 1.82) is 0 Å². The molecule has 1 aromatic carbocycles. The van der Waals surface area contributed by atoms with E-state index in [0.717, 1.165) is 22.0 Å². The van der Waals surface area contributed by atoms with Crippen molar-refractivity contribution in [3.63, 3.8) is 0 Å². The quantitative estimate of drug-likeness (QED) is 0.690. The molecule has 2 rings (SSSR count). The zero-order valence-corrected chi connectivity index (χ0v) is 12.9. The number of thioether (sulfide) groups is 1. The Bertz CT molecular complexity index is 551. The van der Waals surface area contributed by atoms with Gasteiger partial charge in [-0.1, -0.05) is 12.1 Å². The molecule has 2 N–H and O–H groups in total. The Balaban J connectivity index is 0.000000956. The number of hydrogen-bond acceptors (Lipinski definition) is 7. The Morgan fingerprint density at radius 2 is 2.00 bits per heavy atom. The van der Waals surface area contributed by atoms with Crippen molar-refractivity contribution >= 4 is 44.4 Å². The second kappa shape index (κ2) is 8.68. The third-order valence-corrected chi connectivity index (χ3v) is 4.27. The molecule has 0 aliphatic rings. The summed E-state index contributed by atoms with van der Waals surface area (Å²) in [6.45, 7) is 0. The van der Waals surface area contributed by atoms with Crippen LogP contribution in [0.4, 0.5) is 0 Å². The molecule has 0 unspecified atom stereocenters. The normalized spacial score (nSPS) is 9.75. The van der Waals surface area contributed by atoms with Gasteiger partial charge in [-0.25, -0.2) is 4.98 Å². The van der Waals surface area contributed by atoms with Gasteiger partial charge in [-0.2, -0.15) is 0 Å². The first-order valence-electron chi connectivity index (χ1n) is 5.90. The number of para-hydroxylation sites is 1. The summed E-state index contributed by atoms with van der Waals surface area (Å²) >= 11 is 2.56. The van der Waals surface area contributed by atoms with E-state index in [1.807, 2.05) is 24.3 Å². The molecule has 5 nitrogen and oxygen atoms in total. The van der Waals surface area contributed by atoms with Gasteiger partial charge < -0.3 is 10.5 Å². The SMILES string of the molecule is CN.COC(=O)CCC(=O)Sc1nc2ccccc2s1. The predicted octanol–water partition coefficient (Wildman–Crippen LogP) is 2.44. The van der Waals surface area contributed by atoms with Crippen LogP contribution in [-0.4, -0.2) is 30.2 Å². The number of methoxy groups -OCH3 is 1. The van der Waals surface area contributed by atoms with Gasteiger partial charge in [-0.3, -0.25) is 9.59 Å². The van der Waals surface area contributed by atoms with Crippen LogP contribution < -0.4 is 5.73 Å². The summed E-state index contributed by atoms with van der Waals surface area (Å²) in [7, 11) is 2.81. The maximum atomic E-state index is 11.6. The number of benzene rings is 1. The van der Waals surface area contributed by atoms with Crippen molar-refractivity contribution in [2.75, 3.05) is 14.2 Å². The topological polar surface area (TPSA) is 82.3 Å². The van der Waals surface area contributed by atoms with Crippen molar-refractivity contribution in [1.82, 2.24) is 4.98 Å². The molecule has 0 aliphatic heterocycles. The Morgan fingerprint density at radius 3 is 2.65 bits per heavy atom. The highest BCUT2D eigenvalue weighted by molar-refractivity contribution is 8.15. The number of carbonyl (C=O) groups is 2. The summed E-state index contributed by atoms with van der Waals surface area (Å²) in [5.74, 6) is -0.367. The lowest BCUT2D eigenvalue weighted by Gasteiger charge is -1.97. The second-order valence-corrected chi connectivity index (χ2v) is 5.83. The summed E-state index contributed by atoms with van der Waals surface area (Å²) in [5.41, 5.74) is 5.39. The van der Waals surface area contributed by atoms with Crippen LogP contribution in [0.3, 0.4) is 0 Å². The highest BCUT2D eigenvalue weighted by atomic mass is 32.2. The van der Waals surface area contributed by atoms with Crippen LogP contribution in [0.2, 0.25) is 0 Å². The Morgan fingerprint density at radius 1 is 1.30 bits per heavy atom. The minimum absolute atomic E-state index is 0.0699. The fraction of sp³-hybridized carbons (Fsp3) is 0.308. The molecule has 0 amide bonds. The molecule has 1 heterocycles. The number of nitrogens with two attached hydrogens (primary N) is 1. The number of hydrogen-bond donors (Lipinski definition) is 1. The van der Waals surface area contributed by atoms with E-state index in [1.54, 1.807) is 0 Å². The largest absolute Gasteiger partial charge is 0.469 e. The highest BCUT2D eigenvalue weighted by Gasteiger charge is 2.11. The number of fused-ring (bicyclic) bond motifs is 1. The summed E-state index contributed by atoms with van der Waals surface area (Å²) < 4.78 is 6.26. The number of rotatable bonds is 4. The molecule has 0 saturated carbocycles. The van der Waals surface area contributed by atoms with Gasteiger partial charge in [0.05, 0.1) is 23.7 Å². The predicted molar refractivity (Wildman–Crippen MR) is 81.8 cm³/mol. The summed E-state index contributed by atoms with van der Waals surface area (Å²) in [6.07, 6.45) is 0.292. The van der Waals surface area contributed by atoms with Gasteiger partial charge in [0.2, 0.25) is 0 Å². The fourth-order valence-electron chi connectivity index (χ4n) is 1.35. The molecule has 1 aromatic heterocycles. The van der Waals surface area contributed by atoms with Crippen LogP contribution in [0, 0.1) is 0 Å². The van der Waals surface area contributed by atoms with Gasteiger partial charge in [0.1, 0.15) is 0 Å². The van der Waals surface area contributed by atoms with Crippen LogP contribution in [0.5, 0.6) is 0 Å². The maximum Gasteiger partial charge on any atom is 0.305 e. The summed E-state index contributed by atoms with van der Waals surface area (Å²) in [5, 5.41) is -0.0699. The Kier molecular flexibility index (Phi) is 7.21. The number of nitrogens with zero attached hydrogens (tertiary/aromatic N) is 1. The summed E-state index contributed by atoms with van der Waals surface area (Å²) in [4.78, 5) is 26.9. The van der Waals surface area contributed by atoms with Gasteiger partial charge in [0.15, 0.2) is 9.45 Å². The van der Waals surface area contributed by atoms with Gasteiger partial charge in [-0.05, 0) is 30.9 Å². The molecule has 0 atom stereocenters. The average molecular weight is 312 g/mol. The van der Waals surface area contributed by atoms with E-state index < -0.39 is 0 Å². The first-order valence-corrected chi connectivity index (χ1v) is 7.53. The second-order valence-electron chi connectivity index (χ2n) is 3.50. The van der Waals surface area contributed by atoms with Crippen molar-refractivity contribution in [3.05, 3.63) is 24.3 Å². The van der Waals surface area contributed by atoms with Crippen LogP contribution in [-0.2, 0) is 14.3 Å². The minimum Gasteiger partial charge on any atom is -0.469 e. The zero-order valence-electron chi connectivity index (χ0n) is 11.3. The van der Waals surface area contributed by atoms with Crippen LogP contribution in [0.15, 0.2) is 28.6 Å². The minimum atomic E-state index is -0.367. The smallest absolute Gasteiger partial charge is 0.305 e. The molecule has 20 heavy (non-hydrogen) atoms. The first kappa shape index (κ1) is 16.6. The maximum absolute atomic E-state index is 11.6. The molecule has 0 fully saturated rings. The van der Waals surface area contributed by atoms with E-state index in [9.17, 15) is 9.59 Å². The third kappa shape index (κ3) is 4.92. The van der Waals surface area contributed by atoms with Crippen molar-refractivity contribution in [3.8, 4) is 0 Å². The Labute approximate surface area is 125 Å². The Hall–Kier alpha value is -1.44. The van der Waals surface area contributed by atoms with E-state index >= 15 is 0 Å². The lowest BCUT2D eigenvalue weighted by atomic mass is 10.3. The highest BCUT2D eigenvalue weighted by Crippen LogP contribution is 2.30. The third-order valence-electron chi connectivity index (χ3n) is 2.24. The molecule has 0 saturated heterocycles. The average Bonchev–Trinajstić information content (AvgIpc) is 2.88. The van der Waals surface area contributed by atoms with E-state index in [-0.39, 0.29) is 23.9 Å². The van der Waals surface area contributed by atoms with Gasteiger partial charge >= 0.3 is 5.97 Å². The molecule has 0 spiro atoms.